The molecule has 2 aromatic rings. The van der Waals surface area contributed by atoms with Gasteiger partial charge in [0.1, 0.15) is 11.6 Å². The minimum absolute atomic E-state index is 0.122. The number of aliphatic imine (C=N–C) groups is 1. The van der Waals surface area contributed by atoms with Crippen LogP contribution in [-0.2, 0) is 17.6 Å². The molecular formula is C21H26F2N4O. The number of benzene rings is 2. The van der Waals surface area contributed by atoms with Gasteiger partial charge in [-0.15, -0.1) is 0 Å². The maximum Gasteiger partial charge on any atom is 0.224 e. The predicted octanol–water partition coefficient (Wildman–Crippen LogP) is 2.34. The summed E-state index contributed by atoms with van der Waals surface area (Å²) in [5, 5.41) is 9.12. The molecule has 0 saturated heterocycles. The molecule has 150 valence electrons. The Hall–Kier alpha value is -2.96. The molecule has 7 heteroatoms. The van der Waals surface area contributed by atoms with Crippen LogP contribution in [-0.4, -0.2) is 38.5 Å². The van der Waals surface area contributed by atoms with E-state index in [1.807, 2.05) is 6.92 Å². The lowest BCUT2D eigenvalue weighted by molar-refractivity contribution is -0.120. The van der Waals surface area contributed by atoms with Crippen LogP contribution in [0.2, 0.25) is 0 Å². The summed E-state index contributed by atoms with van der Waals surface area (Å²) in [7, 11) is 1.67. The first-order valence-electron chi connectivity index (χ1n) is 9.18. The molecular weight excluding hydrogens is 362 g/mol. The molecule has 0 aliphatic carbocycles. The normalized spacial score (nSPS) is 11.2. The third kappa shape index (κ3) is 7.34. The predicted molar refractivity (Wildman–Crippen MR) is 107 cm³/mol. The summed E-state index contributed by atoms with van der Waals surface area (Å²) in [5.41, 5.74) is 2.77. The number of carbonyl (C=O) groups excluding carboxylic acids is 1. The van der Waals surface area contributed by atoms with Gasteiger partial charge in [-0.2, -0.15) is 0 Å². The van der Waals surface area contributed by atoms with Gasteiger partial charge in [-0.25, -0.2) is 8.78 Å². The van der Waals surface area contributed by atoms with E-state index in [2.05, 4.69) is 20.9 Å². The Balaban J connectivity index is 1.63. The molecule has 0 bridgehead atoms. The molecule has 0 aliphatic heterocycles. The number of guanidine groups is 1. The summed E-state index contributed by atoms with van der Waals surface area (Å²) in [6.45, 7) is 3.51. The molecule has 0 spiro atoms. The van der Waals surface area contributed by atoms with Gasteiger partial charge in [0.25, 0.3) is 0 Å². The van der Waals surface area contributed by atoms with Crippen LogP contribution in [0.5, 0.6) is 0 Å². The molecule has 0 heterocycles. The zero-order valence-electron chi connectivity index (χ0n) is 16.2. The highest BCUT2D eigenvalue weighted by Gasteiger charge is 2.04. The van der Waals surface area contributed by atoms with Gasteiger partial charge < -0.3 is 16.0 Å². The summed E-state index contributed by atoms with van der Waals surface area (Å²) < 4.78 is 26.0. The summed E-state index contributed by atoms with van der Waals surface area (Å²) in [4.78, 5) is 16.0. The number of carbonyl (C=O) groups is 1. The van der Waals surface area contributed by atoms with E-state index in [0.717, 1.165) is 23.1 Å². The van der Waals surface area contributed by atoms with Gasteiger partial charge in [0, 0.05) is 26.7 Å². The smallest absolute Gasteiger partial charge is 0.224 e. The second-order valence-electron chi connectivity index (χ2n) is 6.40. The van der Waals surface area contributed by atoms with Crippen molar-refractivity contribution in [2.45, 2.75) is 19.8 Å². The minimum atomic E-state index is -0.318. The fraction of sp³-hybridized carbons (Fsp3) is 0.333. The average Bonchev–Trinajstić information content (AvgIpc) is 2.67. The first kappa shape index (κ1) is 21.3. The summed E-state index contributed by atoms with van der Waals surface area (Å²) >= 11 is 0. The van der Waals surface area contributed by atoms with Crippen molar-refractivity contribution in [1.29, 1.82) is 0 Å². The van der Waals surface area contributed by atoms with Crippen LogP contribution >= 0.6 is 0 Å². The molecule has 28 heavy (non-hydrogen) atoms. The number of nitrogens with one attached hydrogen (secondary N) is 3. The van der Waals surface area contributed by atoms with Gasteiger partial charge in [0.2, 0.25) is 5.91 Å². The van der Waals surface area contributed by atoms with Crippen LogP contribution in [0.25, 0.3) is 0 Å². The van der Waals surface area contributed by atoms with Crippen LogP contribution in [0.1, 0.15) is 16.7 Å². The summed E-state index contributed by atoms with van der Waals surface area (Å²) in [6.07, 6.45) is 0.964. The Morgan fingerprint density at radius 1 is 0.929 bits per heavy atom. The van der Waals surface area contributed by atoms with Crippen LogP contribution in [0, 0.1) is 18.6 Å². The second-order valence-corrected chi connectivity index (χ2v) is 6.40. The van der Waals surface area contributed by atoms with E-state index in [4.69, 9.17) is 0 Å². The average molecular weight is 388 g/mol. The summed E-state index contributed by atoms with van der Waals surface area (Å²) in [5.74, 6) is -0.0364. The lowest BCUT2D eigenvalue weighted by Crippen LogP contribution is -2.42. The van der Waals surface area contributed by atoms with Gasteiger partial charge in [0.15, 0.2) is 5.96 Å². The Bertz CT molecular complexity index is 807. The number of hydrogen-bond donors (Lipinski definition) is 3. The van der Waals surface area contributed by atoms with Crippen LogP contribution < -0.4 is 16.0 Å². The molecule has 1 amide bonds. The Kier molecular flexibility index (Phi) is 8.39. The number of hydrogen-bond acceptors (Lipinski definition) is 2. The van der Waals surface area contributed by atoms with Crippen molar-refractivity contribution >= 4 is 11.9 Å². The highest BCUT2D eigenvalue weighted by atomic mass is 19.1. The van der Waals surface area contributed by atoms with Crippen molar-refractivity contribution in [2.24, 2.45) is 4.99 Å². The van der Waals surface area contributed by atoms with Crippen LogP contribution in [0.4, 0.5) is 8.78 Å². The second kappa shape index (κ2) is 11.0. The highest BCUT2D eigenvalue weighted by Crippen LogP contribution is 2.10. The quantitative estimate of drug-likeness (QED) is 0.370. The van der Waals surface area contributed by atoms with E-state index in [1.54, 1.807) is 25.2 Å². The molecule has 0 fully saturated rings. The molecule has 3 N–H and O–H groups in total. The molecule has 0 aromatic heterocycles. The number of halogens is 2. The van der Waals surface area contributed by atoms with E-state index < -0.39 is 0 Å². The molecule has 5 nitrogen and oxygen atoms in total. The van der Waals surface area contributed by atoms with Crippen molar-refractivity contribution in [2.75, 3.05) is 26.7 Å². The fourth-order valence-corrected chi connectivity index (χ4v) is 2.71. The van der Waals surface area contributed by atoms with Crippen molar-refractivity contribution in [1.82, 2.24) is 16.0 Å². The number of amides is 1. The van der Waals surface area contributed by atoms with Gasteiger partial charge in [-0.3, -0.25) is 9.79 Å². The maximum absolute atomic E-state index is 13.1. The molecule has 2 aromatic carbocycles. The van der Waals surface area contributed by atoms with Gasteiger partial charge in [-0.05, 0) is 54.3 Å². The molecule has 0 unspecified atom stereocenters. The molecule has 0 saturated carbocycles. The first-order chi connectivity index (χ1) is 13.5. The van der Waals surface area contributed by atoms with Gasteiger partial charge in [0.05, 0.1) is 6.42 Å². The Morgan fingerprint density at radius 2 is 1.57 bits per heavy atom. The van der Waals surface area contributed by atoms with Crippen molar-refractivity contribution in [3.05, 3.63) is 70.8 Å². The number of rotatable bonds is 8. The van der Waals surface area contributed by atoms with Crippen molar-refractivity contribution in [3.8, 4) is 0 Å². The number of nitrogens with zero attached hydrogens (tertiary/aromatic N) is 1. The van der Waals surface area contributed by atoms with E-state index in [-0.39, 0.29) is 24.0 Å². The zero-order valence-corrected chi connectivity index (χ0v) is 16.2. The minimum Gasteiger partial charge on any atom is -0.356 e. The lowest BCUT2D eigenvalue weighted by atomic mass is 10.1. The number of aryl methyl sites for hydroxylation is 1. The van der Waals surface area contributed by atoms with E-state index in [0.29, 0.717) is 25.6 Å². The topological polar surface area (TPSA) is 65.5 Å². The maximum atomic E-state index is 13.1. The highest BCUT2D eigenvalue weighted by molar-refractivity contribution is 5.80. The largest absolute Gasteiger partial charge is 0.356 e. The van der Waals surface area contributed by atoms with Crippen molar-refractivity contribution < 1.29 is 13.6 Å². The SMILES string of the molecule is CN=C(NCCNC(=O)Cc1ccc(F)cc1)NCCc1ccc(F)cc1C. The molecule has 0 atom stereocenters. The zero-order chi connectivity index (χ0) is 20.4. The van der Waals surface area contributed by atoms with Crippen LogP contribution in [0.3, 0.4) is 0 Å². The third-order valence-electron chi connectivity index (χ3n) is 4.23. The third-order valence-corrected chi connectivity index (χ3v) is 4.23. The first-order valence-corrected chi connectivity index (χ1v) is 9.18. The van der Waals surface area contributed by atoms with Gasteiger partial charge >= 0.3 is 0 Å². The van der Waals surface area contributed by atoms with Crippen LogP contribution in [0.15, 0.2) is 47.5 Å². The standard InChI is InChI=1S/C21H26F2N4O/c1-15-13-19(23)8-5-17(15)9-10-26-21(24-2)27-12-11-25-20(28)14-16-3-6-18(22)7-4-16/h3-8,13H,9-12,14H2,1-2H3,(H,25,28)(H2,24,26,27). The van der Waals surface area contributed by atoms with Gasteiger partial charge in [-0.1, -0.05) is 18.2 Å². The Labute approximate surface area is 164 Å². The fourth-order valence-electron chi connectivity index (χ4n) is 2.71. The molecule has 0 aliphatic rings. The summed E-state index contributed by atoms with van der Waals surface area (Å²) in [6, 6.07) is 10.7. The Morgan fingerprint density at radius 3 is 2.25 bits per heavy atom. The molecule has 2 rings (SSSR count). The lowest BCUT2D eigenvalue weighted by Gasteiger charge is -2.13. The molecule has 0 radical (unpaired) electrons. The van der Waals surface area contributed by atoms with E-state index in [1.165, 1.54) is 24.3 Å². The monoisotopic (exact) mass is 388 g/mol. The van der Waals surface area contributed by atoms with Crippen molar-refractivity contribution in [3.63, 3.8) is 0 Å². The van der Waals surface area contributed by atoms with E-state index in [9.17, 15) is 13.6 Å². The van der Waals surface area contributed by atoms with E-state index >= 15 is 0 Å².